The molecule has 0 amide bonds. The molecule has 0 unspecified atom stereocenters. The third kappa shape index (κ3) is 14.5. The number of thiol groups is 1. The minimum Gasteiger partial charge on any atom is -0.136 e. The van der Waals surface area contributed by atoms with E-state index in [-0.39, 0.29) is 0 Å². The van der Waals surface area contributed by atoms with Crippen LogP contribution in [0.25, 0.3) is 0 Å². The Bertz CT molecular complexity index is 190. The largest absolute Gasteiger partial charge is 0.136 e. The van der Waals surface area contributed by atoms with Crippen molar-refractivity contribution in [1.82, 2.24) is 0 Å². The number of hydrogen-bond donors (Lipinski definition) is 1. The Kier molecular flexibility index (Phi) is 14.2. The molecule has 0 aromatic heterocycles. The van der Waals surface area contributed by atoms with Crippen LogP contribution in [0.2, 0.25) is 0 Å². The van der Waals surface area contributed by atoms with Crippen molar-refractivity contribution in [2.45, 2.75) is 90.9 Å². The minimum absolute atomic E-state index is 0.819. The van der Waals surface area contributed by atoms with Gasteiger partial charge in [0.15, 0.2) is 0 Å². The molecule has 0 nitrogen and oxygen atoms in total. The summed E-state index contributed by atoms with van der Waals surface area (Å²) in [4.78, 5) is 0. The summed E-state index contributed by atoms with van der Waals surface area (Å²) in [6.45, 7) is 4.62. The normalized spacial score (nSPS) is 12.6. The Morgan fingerprint density at radius 2 is 1.39 bits per heavy atom. The van der Waals surface area contributed by atoms with Crippen molar-refractivity contribution in [3.63, 3.8) is 0 Å². The molecule has 0 saturated carbocycles. The topological polar surface area (TPSA) is 0 Å². The Morgan fingerprint density at radius 3 is 1.89 bits per heavy atom. The van der Waals surface area contributed by atoms with Gasteiger partial charge in [-0.3, -0.25) is 0 Å². The maximum absolute atomic E-state index is 4.99. The third-order valence-electron chi connectivity index (χ3n) is 3.65. The highest BCUT2D eigenvalue weighted by molar-refractivity contribution is 8.11. The summed E-state index contributed by atoms with van der Waals surface area (Å²) in [6, 6.07) is 0. The van der Waals surface area contributed by atoms with Crippen molar-refractivity contribution in [3.05, 3.63) is 0 Å². The average molecular weight is 289 g/mol. The maximum Gasteiger partial charge on any atom is 0.0448 e. The summed E-state index contributed by atoms with van der Waals surface area (Å²) in [6.07, 6.45) is 16.4. The van der Waals surface area contributed by atoms with Gasteiger partial charge in [-0.1, -0.05) is 90.3 Å². The van der Waals surface area contributed by atoms with Crippen molar-refractivity contribution < 1.29 is 0 Å². The highest BCUT2D eigenvalue weighted by Gasteiger charge is 2.02. The first kappa shape index (κ1) is 18.4. The average Bonchev–Trinajstić information content (AvgIpc) is 2.34. The first-order valence-corrected chi connectivity index (χ1v) is 8.74. The van der Waals surface area contributed by atoms with Gasteiger partial charge in [-0.05, 0) is 18.8 Å². The molecule has 0 rings (SSSR count). The summed E-state index contributed by atoms with van der Waals surface area (Å²) in [7, 11) is 0. The van der Waals surface area contributed by atoms with Gasteiger partial charge in [0, 0.05) is 4.20 Å². The highest BCUT2D eigenvalue weighted by Crippen LogP contribution is 2.17. The van der Waals surface area contributed by atoms with Crippen molar-refractivity contribution in [2.24, 2.45) is 5.92 Å². The zero-order valence-corrected chi connectivity index (χ0v) is 14.1. The summed E-state index contributed by atoms with van der Waals surface area (Å²) < 4.78 is 0.869. The molecule has 0 aromatic rings. The van der Waals surface area contributed by atoms with Crippen LogP contribution < -0.4 is 0 Å². The first-order chi connectivity index (χ1) is 8.66. The van der Waals surface area contributed by atoms with E-state index in [4.69, 9.17) is 12.2 Å². The molecular formula is C16H32S2. The molecule has 0 bridgehead atoms. The lowest BCUT2D eigenvalue weighted by Gasteiger charge is -2.10. The molecule has 0 spiro atoms. The van der Waals surface area contributed by atoms with Gasteiger partial charge in [-0.15, -0.1) is 12.6 Å². The molecule has 0 radical (unpaired) electrons. The van der Waals surface area contributed by atoms with E-state index in [1.807, 2.05) is 0 Å². The molecule has 2 heteroatoms. The molecule has 0 N–H and O–H groups in total. The zero-order valence-electron chi connectivity index (χ0n) is 12.4. The lowest BCUT2D eigenvalue weighted by atomic mass is 9.98. The van der Waals surface area contributed by atoms with Crippen molar-refractivity contribution in [2.75, 3.05) is 0 Å². The van der Waals surface area contributed by atoms with Gasteiger partial charge >= 0.3 is 0 Å². The van der Waals surface area contributed by atoms with E-state index in [2.05, 4.69) is 26.5 Å². The van der Waals surface area contributed by atoms with Crippen LogP contribution in [-0.4, -0.2) is 4.20 Å². The number of thiocarbonyl (C=S) groups is 1. The fraction of sp³-hybridized carbons (Fsp3) is 0.938. The predicted molar refractivity (Wildman–Crippen MR) is 91.8 cm³/mol. The SMILES string of the molecule is CCCCCCCCCCC[C@H](C)CCC(=S)S. The molecule has 0 saturated heterocycles. The fourth-order valence-corrected chi connectivity index (χ4v) is 2.56. The van der Waals surface area contributed by atoms with Gasteiger partial charge in [0.1, 0.15) is 0 Å². The molecule has 1 atom stereocenters. The molecule has 0 aliphatic heterocycles. The molecule has 0 fully saturated rings. The Balaban J connectivity index is 3.12. The van der Waals surface area contributed by atoms with Gasteiger partial charge < -0.3 is 0 Å². The molecule has 0 heterocycles. The molecular weight excluding hydrogens is 256 g/mol. The second-order valence-electron chi connectivity index (χ2n) is 5.65. The second kappa shape index (κ2) is 13.9. The molecule has 0 aliphatic carbocycles. The van der Waals surface area contributed by atoms with Crippen LogP contribution in [0.1, 0.15) is 90.9 Å². The lowest BCUT2D eigenvalue weighted by Crippen LogP contribution is -1.97. The molecule has 0 aromatic carbocycles. The Labute approximate surface area is 126 Å². The Morgan fingerprint density at radius 1 is 0.889 bits per heavy atom. The van der Waals surface area contributed by atoms with Crippen molar-refractivity contribution in [3.8, 4) is 0 Å². The van der Waals surface area contributed by atoms with Gasteiger partial charge in [-0.2, -0.15) is 0 Å². The minimum atomic E-state index is 0.819. The van der Waals surface area contributed by atoms with E-state index < -0.39 is 0 Å². The highest BCUT2D eigenvalue weighted by atomic mass is 32.1. The third-order valence-corrected chi connectivity index (χ3v) is 4.08. The van der Waals surface area contributed by atoms with E-state index in [0.29, 0.717) is 0 Å². The monoisotopic (exact) mass is 288 g/mol. The van der Waals surface area contributed by atoms with E-state index in [9.17, 15) is 0 Å². The summed E-state index contributed by atoms with van der Waals surface area (Å²) in [5, 5.41) is 0. The van der Waals surface area contributed by atoms with Gasteiger partial charge in [0.2, 0.25) is 0 Å². The second-order valence-corrected chi connectivity index (χ2v) is 6.99. The van der Waals surface area contributed by atoms with Crippen LogP contribution >= 0.6 is 24.8 Å². The van der Waals surface area contributed by atoms with Gasteiger partial charge in [0.25, 0.3) is 0 Å². The van der Waals surface area contributed by atoms with E-state index in [1.165, 1.54) is 70.6 Å². The van der Waals surface area contributed by atoms with Crippen LogP contribution in [0.4, 0.5) is 0 Å². The first-order valence-electron chi connectivity index (χ1n) is 7.88. The quantitative estimate of drug-likeness (QED) is 0.227. The molecule has 18 heavy (non-hydrogen) atoms. The van der Waals surface area contributed by atoms with Crippen molar-refractivity contribution >= 4 is 29.0 Å². The van der Waals surface area contributed by atoms with Crippen LogP contribution in [0.5, 0.6) is 0 Å². The number of unbranched alkanes of at least 4 members (excludes halogenated alkanes) is 8. The Hall–Kier alpha value is 0.440. The smallest absolute Gasteiger partial charge is 0.0448 e. The molecule has 0 aliphatic rings. The van der Waals surface area contributed by atoms with E-state index in [1.54, 1.807) is 0 Å². The predicted octanol–water partition coefficient (Wildman–Crippen LogP) is 6.58. The number of rotatable bonds is 13. The zero-order chi connectivity index (χ0) is 13.6. The summed E-state index contributed by atoms with van der Waals surface area (Å²) in [5.41, 5.74) is 0. The lowest BCUT2D eigenvalue weighted by molar-refractivity contribution is 0.462. The number of hydrogen-bond acceptors (Lipinski definition) is 1. The summed E-state index contributed by atoms with van der Waals surface area (Å²) >= 11 is 9.17. The van der Waals surface area contributed by atoms with Crippen LogP contribution in [-0.2, 0) is 0 Å². The maximum atomic E-state index is 4.99. The van der Waals surface area contributed by atoms with Crippen molar-refractivity contribution in [1.29, 1.82) is 0 Å². The van der Waals surface area contributed by atoms with Crippen LogP contribution in [0.15, 0.2) is 0 Å². The van der Waals surface area contributed by atoms with E-state index >= 15 is 0 Å². The van der Waals surface area contributed by atoms with E-state index in [0.717, 1.165) is 16.5 Å². The van der Waals surface area contributed by atoms with Crippen LogP contribution in [0, 0.1) is 5.92 Å². The standard InChI is InChI=1S/C16H32S2/c1-3-4-5-6-7-8-9-10-11-12-15(2)13-14-16(17)18/h15H,3-14H2,1-2H3,(H,17,18)/t15-/m0/s1. The van der Waals surface area contributed by atoms with Crippen LogP contribution in [0.3, 0.4) is 0 Å². The fourth-order valence-electron chi connectivity index (χ4n) is 2.32. The van der Waals surface area contributed by atoms with Gasteiger partial charge in [0.05, 0.1) is 0 Å². The van der Waals surface area contributed by atoms with Gasteiger partial charge in [-0.25, -0.2) is 0 Å². The summed E-state index contributed by atoms with van der Waals surface area (Å²) in [5.74, 6) is 0.819. The molecule has 108 valence electrons.